The second-order valence-electron chi connectivity index (χ2n) is 4.96. The molecule has 0 atom stereocenters. The summed E-state index contributed by atoms with van der Waals surface area (Å²) in [5, 5.41) is 2.65. The molecule has 0 bridgehead atoms. The van der Waals surface area contributed by atoms with Gasteiger partial charge in [-0.3, -0.25) is 4.79 Å². The number of amides is 1. The molecule has 0 heterocycles. The predicted molar refractivity (Wildman–Crippen MR) is 74.2 cm³/mol. The van der Waals surface area contributed by atoms with Crippen LogP contribution >= 0.6 is 11.6 Å². The quantitative estimate of drug-likeness (QED) is 0.851. The van der Waals surface area contributed by atoms with Crippen LogP contribution < -0.4 is 5.32 Å². The molecule has 0 saturated heterocycles. The van der Waals surface area contributed by atoms with E-state index in [-0.39, 0.29) is 16.1 Å². The summed E-state index contributed by atoms with van der Waals surface area (Å²) < 4.78 is 18.2. The van der Waals surface area contributed by atoms with Gasteiger partial charge in [0.2, 0.25) is 0 Å². The van der Waals surface area contributed by atoms with Crippen LogP contribution in [0.15, 0.2) is 18.2 Å². The summed E-state index contributed by atoms with van der Waals surface area (Å²) in [7, 11) is 0. The number of carbonyl (C=O) groups is 2. The molecule has 1 amide bonds. The lowest BCUT2D eigenvalue weighted by molar-refractivity contribution is -0.125. The minimum absolute atomic E-state index is 0.0516. The molecule has 20 heavy (non-hydrogen) atoms. The third kappa shape index (κ3) is 4.49. The molecule has 110 valence electrons. The highest BCUT2D eigenvalue weighted by molar-refractivity contribution is 6.33. The Balaban J connectivity index is 2.62. The first-order valence-electron chi connectivity index (χ1n) is 6.19. The van der Waals surface area contributed by atoms with Crippen molar-refractivity contribution in [2.45, 2.75) is 32.7 Å². The van der Waals surface area contributed by atoms with Crippen molar-refractivity contribution in [1.82, 2.24) is 5.32 Å². The monoisotopic (exact) mass is 301 g/mol. The third-order valence-electron chi connectivity index (χ3n) is 2.86. The maximum Gasteiger partial charge on any atom is 0.343 e. The Labute approximate surface area is 122 Å². The lowest BCUT2D eigenvalue weighted by Gasteiger charge is -2.24. The molecule has 1 N–H and O–H groups in total. The zero-order valence-corrected chi connectivity index (χ0v) is 12.4. The van der Waals surface area contributed by atoms with Gasteiger partial charge in [-0.2, -0.15) is 0 Å². The Morgan fingerprint density at radius 1 is 1.40 bits per heavy atom. The minimum Gasteiger partial charge on any atom is -0.452 e. The molecule has 4 nitrogen and oxygen atoms in total. The number of halogens is 2. The largest absolute Gasteiger partial charge is 0.452 e. The molecule has 0 aromatic heterocycles. The Hall–Kier alpha value is -1.62. The fraction of sp³-hybridized carbons (Fsp3) is 0.429. The predicted octanol–water partition coefficient (Wildman–Crippen LogP) is 2.94. The van der Waals surface area contributed by atoms with Gasteiger partial charge >= 0.3 is 5.97 Å². The van der Waals surface area contributed by atoms with E-state index in [0.29, 0.717) is 0 Å². The molecule has 0 spiro atoms. The molecule has 0 fully saturated rings. The molecule has 0 aliphatic rings. The van der Waals surface area contributed by atoms with E-state index < -0.39 is 24.3 Å². The molecule has 1 aromatic carbocycles. The highest BCUT2D eigenvalue weighted by Crippen LogP contribution is 2.19. The van der Waals surface area contributed by atoms with E-state index in [4.69, 9.17) is 16.3 Å². The number of nitrogens with one attached hydrogen (secondary N) is 1. The number of benzene rings is 1. The maximum atomic E-state index is 13.5. The number of rotatable bonds is 5. The average molecular weight is 302 g/mol. The summed E-state index contributed by atoms with van der Waals surface area (Å²) in [6.07, 6.45) is 0.728. The van der Waals surface area contributed by atoms with Crippen LogP contribution in [0.2, 0.25) is 5.02 Å². The van der Waals surface area contributed by atoms with Crippen molar-refractivity contribution < 1.29 is 18.7 Å². The Morgan fingerprint density at radius 2 is 2.05 bits per heavy atom. The van der Waals surface area contributed by atoms with Gasteiger partial charge in [-0.1, -0.05) is 24.6 Å². The molecular formula is C14H17ClFNO3. The van der Waals surface area contributed by atoms with Crippen molar-refractivity contribution in [3.63, 3.8) is 0 Å². The maximum absolute atomic E-state index is 13.5. The molecule has 1 aromatic rings. The second-order valence-corrected chi connectivity index (χ2v) is 5.37. The molecule has 6 heteroatoms. The van der Waals surface area contributed by atoms with Gasteiger partial charge in [0.15, 0.2) is 6.61 Å². The standard InChI is InChI=1S/C14H17ClFNO3/c1-4-14(2,3)17-11(18)8-20-13(19)12-9(15)6-5-7-10(12)16/h5-7H,4,8H2,1-3H3,(H,17,18). The van der Waals surface area contributed by atoms with Gasteiger partial charge in [0, 0.05) is 5.54 Å². The number of hydrogen-bond acceptors (Lipinski definition) is 3. The van der Waals surface area contributed by atoms with Crippen molar-refractivity contribution in [3.05, 3.63) is 34.6 Å². The van der Waals surface area contributed by atoms with Crippen LogP contribution in [0.25, 0.3) is 0 Å². The molecule has 0 saturated carbocycles. The number of hydrogen-bond donors (Lipinski definition) is 1. The van der Waals surface area contributed by atoms with Gasteiger partial charge in [0.05, 0.1) is 5.02 Å². The van der Waals surface area contributed by atoms with E-state index in [1.807, 2.05) is 20.8 Å². The number of ether oxygens (including phenoxy) is 1. The molecular weight excluding hydrogens is 285 g/mol. The molecule has 0 unspecified atom stereocenters. The van der Waals surface area contributed by atoms with Gasteiger partial charge < -0.3 is 10.1 Å². The van der Waals surface area contributed by atoms with Crippen molar-refractivity contribution in [2.75, 3.05) is 6.61 Å². The lowest BCUT2D eigenvalue weighted by Crippen LogP contribution is -2.44. The van der Waals surface area contributed by atoms with E-state index in [1.165, 1.54) is 12.1 Å². The topological polar surface area (TPSA) is 55.4 Å². The summed E-state index contributed by atoms with van der Waals surface area (Å²) in [5.41, 5.74) is -0.754. The summed E-state index contributed by atoms with van der Waals surface area (Å²) in [5.74, 6) is -2.19. The molecule has 1 rings (SSSR count). The molecule has 0 aliphatic carbocycles. The van der Waals surface area contributed by atoms with Gasteiger partial charge in [0.1, 0.15) is 11.4 Å². The number of esters is 1. The van der Waals surface area contributed by atoms with Gasteiger partial charge in [0.25, 0.3) is 5.91 Å². The average Bonchev–Trinajstić information content (AvgIpc) is 2.35. The molecule has 0 radical (unpaired) electrons. The van der Waals surface area contributed by atoms with Gasteiger partial charge in [-0.15, -0.1) is 0 Å². The van der Waals surface area contributed by atoms with Crippen LogP contribution in [0.4, 0.5) is 4.39 Å². The van der Waals surface area contributed by atoms with Crippen LogP contribution in [0.1, 0.15) is 37.6 Å². The zero-order chi connectivity index (χ0) is 15.3. The van der Waals surface area contributed by atoms with Crippen molar-refractivity contribution >= 4 is 23.5 Å². The van der Waals surface area contributed by atoms with E-state index in [1.54, 1.807) is 0 Å². The Kier molecular flexibility index (Phi) is 5.51. The van der Waals surface area contributed by atoms with Crippen LogP contribution in [0, 0.1) is 5.82 Å². The van der Waals surface area contributed by atoms with E-state index in [9.17, 15) is 14.0 Å². The Morgan fingerprint density at radius 3 is 2.60 bits per heavy atom. The first-order valence-corrected chi connectivity index (χ1v) is 6.57. The highest BCUT2D eigenvalue weighted by atomic mass is 35.5. The number of carbonyl (C=O) groups excluding carboxylic acids is 2. The van der Waals surface area contributed by atoms with Crippen LogP contribution in [0.5, 0.6) is 0 Å². The second kappa shape index (κ2) is 6.70. The smallest absolute Gasteiger partial charge is 0.343 e. The van der Waals surface area contributed by atoms with Gasteiger partial charge in [-0.05, 0) is 32.4 Å². The van der Waals surface area contributed by atoms with Crippen LogP contribution in [-0.4, -0.2) is 24.0 Å². The first kappa shape index (κ1) is 16.4. The molecule has 0 aliphatic heterocycles. The van der Waals surface area contributed by atoms with E-state index in [2.05, 4.69) is 5.32 Å². The third-order valence-corrected chi connectivity index (χ3v) is 3.18. The van der Waals surface area contributed by atoms with Crippen molar-refractivity contribution in [3.8, 4) is 0 Å². The fourth-order valence-corrected chi connectivity index (χ4v) is 1.64. The summed E-state index contributed by atoms with van der Waals surface area (Å²) in [4.78, 5) is 23.3. The zero-order valence-electron chi connectivity index (χ0n) is 11.6. The van der Waals surface area contributed by atoms with E-state index >= 15 is 0 Å². The minimum atomic E-state index is -0.961. The fourth-order valence-electron chi connectivity index (χ4n) is 1.40. The normalized spacial score (nSPS) is 11.1. The lowest BCUT2D eigenvalue weighted by atomic mass is 10.0. The Bertz CT molecular complexity index is 497. The first-order chi connectivity index (χ1) is 9.26. The van der Waals surface area contributed by atoms with Crippen LogP contribution in [-0.2, 0) is 9.53 Å². The van der Waals surface area contributed by atoms with E-state index in [0.717, 1.165) is 12.5 Å². The summed E-state index contributed by atoms with van der Waals surface area (Å²) >= 11 is 5.73. The highest BCUT2D eigenvalue weighted by Gasteiger charge is 2.21. The van der Waals surface area contributed by atoms with Gasteiger partial charge in [-0.25, -0.2) is 9.18 Å². The summed E-state index contributed by atoms with van der Waals surface area (Å²) in [6.45, 7) is 5.14. The van der Waals surface area contributed by atoms with Crippen molar-refractivity contribution in [1.29, 1.82) is 0 Å². The van der Waals surface area contributed by atoms with Crippen molar-refractivity contribution in [2.24, 2.45) is 0 Å². The summed E-state index contributed by atoms with van der Waals surface area (Å²) in [6, 6.07) is 3.86. The SMILES string of the molecule is CCC(C)(C)NC(=O)COC(=O)c1c(F)cccc1Cl. The van der Waals surface area contributed by atoms with Crippen LogP contribution in [0.3, 0.4) is 0 Å².